The quantitative estimate of drug-likeness (QED) is 0.757. The van der Waals surface area contributed by atoms with Crippen molar-refractivity contribution < 1.29 is 4.79 Å². The summed E-state index contributed by atoms with van der Waals surface area (Å²) in [6, 6.07) is 0.425. The van der Waals surface area contributed by atoms with Gasteiger partial charge in [-0.2, -0.15) is 5.10 Å². The second-order valence-corrected chi connectivity index (χ2v) is 4.12. The molecular weight excluding hydrogens is 216 g/mol. The van der Waals surface area contributed by atoms with Gasteiger partial charge in [0.1, 0.15) is 0 Å². The van der Waals surface area contributed by atoms with Gasteiger partial charge >= 0.3 is 0 Å². The molecule has 1 aliphatic heterocycles. The number of piperidine rings is 1. The van der Waals surface area contributed by atoms with E-state index in [1.807, 2.05) is 10.9 Å². The molecular formula is C12H16N4O. The van der Waals surface area contributed by atoms with Crippen molar-refractivity contribution in [3.63, 3.8) is 0 Å². The molecule has 2 rings (SSSR count). The lowest BCUT2D eigenvalue weighted by molar-refractivity contribution is -0.115. The number of nitrogens with zero attached hydrogens (tertiary/aromatic N) is 2. The maximum absolute atomic E-state index is 11.3. The minimum Gasteiger partial charge on any atom is -0.323 e. The predicted octanol–water partition coefficient (Wildman–Crippen LogP) is 0.769. The molecule has 1 saturated heterocycles. The lowest BCUT2D eigenvalue weighted by atomic mass is 10.1. The molecule has 0 spiro atoms. The normalized spacial score (nSPS) is 16.4. The Kier molecular flexibility index (Phi) is 3.78. The van der Waals surface area contributed by atoms with E-state index >= 15 is 0 Å². The molecule has 0 saturated carbocycles. The molecule has 5 nitrogen and oxygen atoms in total. The molecule has 0 atom stereocenters. The lowest BCUT2D eigenvalue weighted by Gasteiger charge is -2.22. The van der Waals surface area contributed by atoms with Crippen molar-refractivity contribution in [1.82, 2.24) is 15.1 Å². The van der Waals surface area contributed by atoms with Crippen molar-refractivity contribution in [2.45, 2.75) is 25.3 Å². The highest BCUT2D eigenvalue weighted by Crippen LogP contribution is 2.19. The molecule has 0 aromatic carbocycles. The molecule has 2 heterocycles. The Morgan fingerprint density at radius 1 is 1.65 bits per heavy atom. The average Bonchev–Trinajstić information content (AvgIpc) is 2.79. The highest BCUT2D eigenvalue weighted by atomic mass is 16.1. The molecule has 0 bridgehead atoms. The monoisotopic (exact) mass is 232 g/mol. The molecule has 1 aromatic rings. The number of amides is 1. The lowest BCUT2D eigenvalue weighted by Crippen LogP contribution is -2.29. The molecule has 5 heteroatoms. The summed E-state index contributed by atoms with van der Waals surface area (Å²) in [6.07, 6.45) is 10.8. The van der Waals surface area contributed by atoms with Crippen LogP contribution >= 0.6 is 0 Å². The zero-order valence-corrected chi connectivity index (χ0v) is 9.65. The summed E-state index contributed by atoms with van der Waals surface area (Å²) in [5.41, 5.74) is 0.712. The third kappa shape index (κ3) is 3.08. The molecule has 1 aromatic heterocycles. The Morgan fingerprint density at radius 3 is 3.12 bits per heavy atom. The van der Waals surface area contributed by atoms with Gasteiger partial charge in [-0.05, 0) is 25.9 Å². The summed E-state index contributed by atoms with van der Waals surface area (Å²) in [7, 11) is 0. The number of aromatic nitrogens is 2. The summed E-state index contributed by atoms with van der Waals surface area (Å²) in [5, 5.41) is 10.3. The number of terminal acetylenes is 1. The number of hydrogen-bond acceptors (Lipinski definition) is 3. The summed E-state index contributed by atoms with van der Waals surface area (Å²) < 4.78 is 1.92. The zero-order valence-electron chi connectivity index (χ0n) is 9.65. The van der Waals surface area contributed by atoms with Crippen LogP contribution in [-0.2, 0) is 4.79 Å². The maximum Gasteiger partial charge on any atom is 0.236 e. The van der Waals surface area contributed by atoms with Crippen LogP contribution in [0.25, 0.3) is 0 Å². The number of nitrogens with one attached hydrogen (secondary N) is 2. The van der Waals surface area contributed by atoms with E-state index in [1.54, 1.807) is 6.20 Å². The van der Waals surface area contributed by atoms with E-state index in [9.17, 15) is 4.79 Å². The first-order chi connectivity index (χ1) is 8.29. The molecule has 0 unspecified atom stereocenters. The zero-order chi connectivity index (χ0) is 12.1. The number of carbonyl (C=O) groups excluding carboxylic acids is 1. The summed E-state index contributed by atoms with van der Waals surface area (Å²) >= 11 is 0. The Morgan fingerprint density at radius 2 is 2.41 bits per heavy atom. The second kappa shape index (κ2) is 5.51. The van der Waals surface area contributed by atoms with Crippen LogP contribution < -0.4 is 10.6 Å². The van der Waals surface area contributed by atoms with Crippen molar-refractivity contribution in [2.24, 2.45) is 0 Å². The van der Waals surface area contributed by atoms with Crippen molar-refractivity contribution in [3.8, 4) is 12.3 Å². The van der Waals surface area contributed by atoms with E-state index in [2.05, 4.69) is 21.7 Å². The minimum atomic E-state index is -0.169. The first-order valence-corrected chi connectivity index (χ1v) is 5.78. The van der Waals surface area contributed by atoms with E-state index in [-0.39, 0.29) is 12.3 Å². The van der Waals surface area contributed by atoms with Gasteiger partial charge in [0.25, 0.3) is 0 Å². The number of carbonyl (C=O) groups is 1. The summed E-state index contributed by atoms with van der Waals surface area (Å²) in [5.74, 6) is 2.14. The van der Waals surface area contributed by atoms with Crippen LogP contribution in [0.2, 0.25) is 0 Å². The van der Waals surface area contributed by atoms with Crippen LogP contribution in [0.4, 0.5) is 5.69 Å². The van der Waals surface area contributed by atoms with Gasteiger partial charge in [0.05, 0.1) is 24.3 Å². The summed E-state index contributed by atoms with van der Waals surface area (Å²) in [6.45, 7) is 2.03. The number of hydrogen-bond donors (Lipinski definition) is 2. The highest BCUT2D eigenvalue weighted by molar-refractivity contribution is 5.91. The van der Waals surface area contributed by atoms with Gasteiger partial charge in [-0.3, -0.25) is 9.48 Å². The van der Waals surface area contributed by atoms with E-state index in [0.29, 0.717) is 11.7 Å². The Labute approximate surface area is 101 Å². The maximum atomic E-state index is 11.3. The molecule has 90 valence electrons. The molecule has 0 radical (unpaired) electrons. The van der Waals surface area contributed by atoms with E-state index in [4.69, 9.17) is 6.42 Å². The minimum absolute atomic E-state index is 0.0958. The van der Waals surface area contributed by atoms with Crippen LogP contribution in [0.1, 0.15) is 25.3 Å². The molecule has 1 fully saturated rings. The van der Waals surface area contributed by atoms with Crippen LogP contribution in [0.15, 0.2) is 12.4 Å². The van der Waals surface area contributed by atoms with Gasteiger partial charge in [-0.25, -0.2) is 0 Å². The van der Waals surface area contributed by atoms with Crippen LogP contribution in [0.5, 0.6) is 0 Å². The average molecular weight is 232 g/mol. The van der Waals surface area contributed by atoms with Crippen molar-refractivity contribution in [3.05, 3.63) is 12.4 Å². The fraction of sp³-hybridized carbons (Fsp3) is 0.500. The topological polar surface area (TPSA) is 59.0 Å². The molecule has 2 N–H and O–H groups in total. The third-order valence-corrected chi connectivity index (χ3v) is 2.83. The first-order valence-electron chi connectivity index (χ1n) is 5.78. The van der Waals surface area contributed by atoms with E-state index < -0.39 is 0 Å². The van der Waals surface area contributed by atoms with E-state index in [1.165, 1.54) is 0 Å². The van der Waals surface area contributed by atoms with Crippen molar-refractivity contribution in [2.75, 3.05) is 18.4 Å². The highest BCUT2D eigenvalue weighted by Gasteiger charge is 2.15. The third-order valence-electron chi connectivity index (χ3n) is 2.83. The van der Waals surface area contributed by atoms with Gasteiger partial charge in [0.15, 0.2) is 0 Å². The fourth-order valence-corrected chi connectivity index (χ4v) is 1.97. The largest absolute Gasteiger partial charge is 0.323 e. The Bertz CT molecular complexity index is 426. The van der Waals surface area contributed by atoms with Crippen molar-refractivity contribution >= 4 is 11.6 Å². The first kappa shape index (κ1) is 11.7. The second-order valence-electron chi connectivity index (χ2n) is 4.12. The fourth-order valence-electron chi connectivity index (χ4n) is 1.97. The number of rotatable bonds is 3. The molecule has 0 aliphatic carbocycles. The smallest absolute Gasteiger partial charge is 0.236 e. The van der Waals surface area contributed by atoms with Gasteiger partial charge < -0.3 is 10.6 Å². The molecule has 1 amide bonds. The SMILES string of the molecule is C#CCC(=O)Nc1cnn(C2CCNCC2)c1. The predicted molar refractivity (Wildman–Crippen MR) is 65.4 cm³/mol. The Hall–Kier alpha value is -1.80. The van der Waals surface area contributed by atoms with Crippen LogP contribution in [0.3, 0.4) is 0 Å². The van der Waals surface area contributed by atoms with Gasteiger partial charge in [-0.15, -0.1) is 6.42 Å². The van der Waals surface area contributed by atoms with Gasteiger partial charge in [0.2, 0.25) is 5.91 Å². The van der Waals surface area contributed by atoms with Crippen LogP contribution in [-0.4, -0.2) is 28.8 Å². The molecule has 1 aliphatic rings. The summed E-state index contributed by atoms with van der Waals surface area (Å²) in [4.78, 5) is 11.3. The van der Waals surface area contributed by atoms with Crippen molar-refractivity contribution in [1.29, 1.82) is 0 Å². The Balaban J connectivity index is 1.95. The van der Waals surface area contributed by atoms with E-state index in [0.717, 1.165) is 25.9 Å². The number of anilines is 1. The van der Waals surface area contributed by atoms with Gasteiger partial charge in [-0.1, -0.05) is 5.92 Å². The van der Waals surface area contributed by atoms with Gasteiger partial charge in [0, 0.05) is 6.20 Å². The molecule has 17 heavy (non-hydrogen) atoms. The van der Waals surface area contributed by atoms with Crippen LogP contribution in [0, 0.1) is 12.3 Å². The standard InChI is InChI=1S/C12H16N4O/c1-2-3-12(17)15-10-8-14-16(9-10)11-4-6-13-7-5-11/h1,8-9,11,13H,3-7H2,(H,15,17).